The van der Waals surface area contributed by atoms with Crippen molar-refractivity contribution in [2.24, 2.45) is 0 Å². The van der Waals surface area contributed by atoms with Crippen LogP contribution in [-0.4, -0.2) is 18.5 Å². The van der Waals surface area contributed by atoms with Crippen molar-refractivity contribution in [1.29, 1.82) is 0 Å². The number of hydrogen-bond donors (Lipinski definition) is 1. The second-order valence-electron chi connectivity index (χ2n) is 4.32. The predicted octanol–water partition coefficient (Wildman–Crippen LogP) is 2.38. The van der Waals surface area contributed by atoms with Crippen molar-refractivity contribution in [2.45, 2.75) is 5.60 Å². The summed E-state index contributed by atoms with van der Waals surface area (Å²) in [4.78, 5) is 10.7. The lowest BCUT2D eigenvalue weighted by atomic mass is 9.87. The van der Waals surface area contributed by atoms with Crippen molar-refractivity contribution in [2.75, 3.05) is 7.11 Å². The summed E-state index contributed by atoms with van der Waals surface area (Å²) in [7, 11) is 1.57. The van der Waals surface area contributed by atoms with Gasteiger partial charge in [0.25, 0.3) is 0 Å². The Bertz CT molecular complexity index is 635. The average molecular weight is 266 g/mol. The van der Waals surface area contributed by atoms with E-state index in [2.05, 4.69) is 5.92 Å². The van der Waals surface area contributed by atoms with Crippen LogP contribution < -0.4 is 4.74 Å². The van der Waals surface area contributed by atoms with E-state index in [1.54, 1.807) is 55.6 Å². The van der Waals surface area contributed by atoms with Gasteiger partial charge in [0.1, 0.15) is 12.0 Å². The molecule has 0 aliphatic rings. The van der Waals surface area contributed by atoms with E-state index in [4.69, 9.17) is 11.2 Å². The number of hydrogen-bond acceptors (Lipinski definition) is 3. The lowest BCUT2D eigenvalue weighted by Crippen LogP contribution is -2.24. The van der Waals surface area contributed by atoms with Gasteiger partial charge in [-0.25, -0.2) is 0 Å². The molecule has 2 aromatic carbocycles. The first-order chi connectivity index (χ1) is 9.63. The highest BCUT2D eigenvalue weighted by Crippen LogP contribution is 2.30. The Hall–Kier alpha value is -2.57. The second-order valence-corrected chi connectivity index (χ2v) is 4.32. The van der Waals surface area contributed by atoms with Gasteiger partial charge in [0.2, 0.25) is 0 Å². The first kappa shape index (κ1) is 13.9. The van der Waals surface area contributed by atoms with Crippen LogP contribution in [0.1, 0.15) is 21.5 Å². The van der Waals surface area contributed by atoms with Crippen LogP contribution in [0, 0.1) is 12.3 Å². The Morgan fingerprint density at radius 1 is 1.10 bits per heavy atom. The normalized spacial score (nSPS) is 13.1. The molecule has 20 heavy (non-hydrogen) atoms. The fourth-order valence-corrected chi connectivity index (χ4v) is 1.97. The van der Waals surface area contributed by atoms with Crippen molar-refractivity contribution in [3.05, 3.63) is 65.2 Å². The Morgan fingerprint density at radius 2 is 1.60 bits per heavy atom. The number of carbonyl (C=O) groups excluding carboxylic acids is 1. The molecule has 3 heteroatoms. The third-order valence-corrected chi connectivity index (χ3v) is 3.18. The number of methoxy groups -OCH3 is 1. The van der Waals surface area contributed by atoms with Crippen LogP contribution in [-0.2, 0) is 5.60 Å². The summed E-state index contributed by atoms with van der Waals surface area (Å²) in [6, 6.07) is 13.4. The van der Waals surface area contributed by atoms with Gasteiger partial charge in [-0.1, -0.05) is 42.3 Å². The summed E-state index contributed by atoms with van der Waals surface area (Å²) >= 11 is 0. The molecular weight excluding hydrogens is 252 g/mol. The van der Waals surface area contributed by atoms with Gasteiger partial charge in [-0.15, -0.1) is 6.42 Å². The van der Waals surface area contributed by atoms with E-state index in [-0.39, 0.29) is 0 Å². The quantitative estimate of drug-likeness (QED) is 0.682. The van der Waals surface area contributed by atoms with E-state index in [0.717, 1.165) is 6.29 Å². The number of aldehydes is 1. The van der Waals surface area contributed by atoms with E-state index in [0.29, 0.717) is 22.4 Å². The van der Waals surface area contributed by atoms with Crippen molar-refractivity contribution < 1.29 is 14.6 Å². The number of terminal acetylenes is 1. The molecule has 0 saturated carbocycles. The molecule has 0 fully saturated rings. The van der Waals surface area contributed by atoms with Crippen molar-refractivity contribution >= 4 is 6.29 Å². The third-order valence-electron chi connectivity index (χ3n) is 3.18. The van der Waals surface area contributed by atoms with Gasteiger partial charge < -0.3 is 9.84 Å². The minimum atomic E-state index is -1.53. The molecular formula is C17H14O3. The molecule has 0 radical (unpaired) electrons. The molecule has 1 atom stereocenters. The Kier molecular flexibility index (Phi) is 3.88. The molecule has 2 rings (SSSR count). The van der Waals surface area contributed by atoms with E-state index >= 15 is 0 Å². The number of rotatable bonds is 4. The molecule has 0 spiro atoms. The zero-order chi connectivity index (χ0) is 14.6. The molecule has 1 unspecified atom stereocenters. The van der Waals surface area contributed by atoms with Gasteiger partial charge in [0, 0.05) is 16.7 Å². The fraction of sp³-hybridized carbons (Fsp3) is 0.118. The smallest absolute Gasteiger partial charge is 0.176 e. The maximum Gasteiger partial charge on any atom is 0.176 e. The minimum Gasteiger partial charge on any atom is -0.497 e. The van der Waals surface area contributed by atoms with Gasteiger partial charge in [0.05, 0.1) is 7.11 Å². The van der Waals surface area contributed by atoms with Crippen molar-refractivity contribution in [3.63, 3.8) is 0 Å². The largest absolute Gasteiger partial charge is 0.497 e. The van der Waals surface area contributed by atoms with Crippen LogP contribution in [0.2, 0.25) is 0 Å². The molecule has 100 valence electrons. The molecule has 3 nitrogen and oxygen atoms in total. The standard InChI is InChI=1S/C17H14O3/c1-3-17(19,14-6-4-13(12-18)5-7-14)15-8-10-16(20-2)11-9-15/h1,4-12,19H,2H3. The van der Waals surface area contributed by atoms with E-state index < -0.39 is 5.60 Å². The lowest BCUT2D eigenvalue weighted by Gasteiger charge is -2.23. The molecule has 2 aromatic rings. The molecule has 0 saturated heterocycles. The molecule has 0 aromatic heterocycles. The van der Waals surface area contributed by atoms with E-state index in [9.17, 15) is 9.90 Å². The molecule has 0 bridgehead atoms. The zero-order valence-corrected chi connectivity index (χ0v) is 11.0. The van der Waals surface area contributed by atoms with Crippen LogP contribution in [0.15, 0.2) is 48.5 Å². The summed E-state index contributed by atoms with van der Waals surface area (Å²) < 4.78 is 5.08. The van der Waals surface area contributed by atoms with Crippen LogP contribution >= 0.6 is 0 Å². The summed E-state index contributed by atoms with van der Waals surface area (Å²) in [6.07, 6.45) is 6.25. The van der Waals surface area contributed by atoms with Gasteiger partial charge in [-0.05, 0) is 12.1 Å². The Morgan fingerprint density at radius 3 is 2.00 bits per heavy atom. The third kappa shape index (κ3) is 2.42. The number of carbonyl (C=O) groups is 1. The van der Waals surface area contributed by atoms with Gasteiger partial charge in [-0.3, -0.25) is 4.79 Å². The predicted molar refractivity (Wildman–Crippen MR) is 76.7 cm³/mol. The highest BCUT2D eigenvalue weighted by Gasteiger charge is 2.29. The van der Waals surface area contributed by atoms with Gasteiger partial charge in [0.15, 0.2) is 5.60 Å². The molecule has 0 heterocycles. The van der Waals surface area contributed by atoms with E-state index in [1.807, 2.05) is 0 Å². The van der Waals surface area contributed by atoms with Crippen LogP contribution in [0.3, 0.4) is 0 Å². The first-order valence-electron chi connectivity index (χ1n) is 6.04. The van der Waals surface area contributed by atoms with Crippen LogP contribution in [0.5, 0.6) is 5.75 Å². The molecule has 0 aliphatic carbocycles. The summed E-state index contributed by atoms with van der Waals surface area (Å²) in [5.41, 5.74) is 0.103. The Labute approximate surface area is 117 Å². The Balaban J connectivity index is 2.45. The maximum absolute atomic E-state index is 10.7. The number of ether oxygens (including phenoxy) is 1. The molecule has 1 N–H and O–H groups in total. The lowest BCUT2D eigenvalue weighted by molar-refractivity contribution is 0.112. The first-order valence-corrected chi connectivity index (χ1v) is 6.04. The fourth-order valence-electron chi connectivity index (χ4n) is 1.97. The minimum absolute atomic E-state index is 0.530. The van der Waals surface area contributed by atoms with Crippen molar-refractivity contribution in [3.8, 4) is 18.1 Å². The second kappa shape index (κ2) is 5.60. The van der Waals surface area contributed by atoms with Gasteiger partial charge in [-0.2, -0.15) is 0 Å². The molecule has 0 aliphatic heterocycles. The summed E-state index contributed by atoms with van der Waals surface area (Å²) in [5, 5.41) is 10.7. The van der Waals surface area contributed by atoms with Crippen LogP contribution in [0.4, 0.5) is 0 Å². The topological polar surface area (TPSA) is 46.5 Å². The molecule has 0 amide bonds. The SMILES string of the molecule is C#CC(O)(c1ccc(C=O)cc1)c1ccc(OC)cc1. The van der Waals surface area contributed by atoms with Gasteiger partial charge >= 0.3 is 0 Å². The van der Waals surface area contributed by atoms with E-state index in [1.165, 1.54) is 0 Å². The van der Waals surface area contributed by atoms with Crippen molar-refractivity contribution in [1.82, 2.24) is 0 Å². The summed E-state index contributed by atoms with van der Waals surface area (Å²) in [6.45, 7) is 0. The number of benzene rings is 2. The average Bonchev–Trinajstić information content (AvgIpc) is 2.54. The maximum atomic E-state index is 10.7. The zero-order valence-electron chi connectivity index (χ0n) is 11.0. The highest BCUT2D eigenvalue weighted by atomic mass is 16.5. The van der Waals surface area contributed by atoms with Crippen LogP contribution in [0.25, 0.3) is 0 Å². The monoisotopic (exact) mass is 266 g/mol. The summed E-state index contributed by atoms with van der Waals surface area (Å²) in [5.74, 6) is 3.10. The number of aliphatic hydroxyl groups is 1. The highest BCUT2D eigenvalue weighted by molar-refractivity contribution is 5.74.